The van der Waals surface area contributed by atoms with Crippen LogP contribution in [0.2, 0.25) is 0 Å². The molecule has 3 nitrogen and oxygen atoms in total. The van der Waals surface area contributed by atoms with Crippen LogP contribution >= 0.6 is 0 Å². The van der Waals surface area contributed by atoms with E-state index in [1.165, 1.54) is 0 Å². The van der Waals surface area contributed by atoms with Crippen LogP contribution in [0.1, 0.15) is 0 Å². The number of nitrogens with zero attached hydrogens (tertiary/aromatic N) is 2. The van der Waals surface area contributed by atoms with Crippen molar-refractivity contribution in [3.8, 4) is 0 Å². The fraction of sp³-hybridized carbons (Fsp3) is 0.300. The molecule has 0 radical (unpaired) electrons. The summed E-state index contributed by atoms with van der Waals surface area (Å²) < 4.78 is 0. The molecule has 1 aromatic rings. The van der Waals surface area contributed by atoms with Crippen molar-refractivity contribution in [2.75, 3.05) is 25.2 Å². The van der Waals surface area contributed by atoms with Crippen molar-refractivity contribution < 1.29 is 4.79 Å². The Bertz CT molecular complexity index is 310. The number of rotatable bonds is 1. The molecule has 0 aromatic heterocycles. The van der Waals surface area contributed by atoms with Crippen LogP contribution in [0.3, 0.4) is 0 Å². The van der Waals surface area contributed by atoms with Gasteiger partial charge in [0.15, 0.2) is 0 Å². The first-order valence-corrected chi connectivity index (χ1v) is 4.31. The van der Waals surface area contributed by atoms with Gasteiger partial charge >= 0.3 is 0 Å². The Labute approximate surface area is 77.6 Å². The molecule has 0 saturated carbocycles. The first-order valence-electron chi connectivity index (χ1n) is 4.31. The number of anilines is 1. The Balaban J connectivity index is 2.17. The fourth-order valence-corrected chi connectivity index (χ4v) is 1.48. The van der Waals surface area contributed by atoms with Gasteiger partial charge in [-0.2, -0.15) is 0 Å². The fourth-order valence-electron chi connectivity index (χ4n) is 1.48. The third kappa shape index (κ3) is 1.49. The highest BCUT2D eigenvalue weighted by Crippen LogP contribution is 2.16. The van der Waals surface area contributed by atoms with E-state index in [-0.39, 0.29) is 5.91 Å². The molecular formula is C10H12N2O. The maximum atomic E-state index is 11.2. The van der Waals surface area contributed by atoms with E-state index < -0.39 is 0 Å². The number of amides is 1. The maximum absolute atomic E-state index is 11.2. The van der Waals surface area contributed by atoms with Crippen molar-refractivity contribution in [2.45, 2.75) is 0 Å². The summed E-state index contributed by atoms with van der Waals surface area (Å²) in [5.41, 5.74) is 1.11. The summed E-state index contributed by atoms with van der Waals surface area (Å²) in [4.78, 5) is 15.0. The van der Waals surface area contributed by atoms with E-state index in [0.29, 0.717) is 13.2 Å². The molecule has 1 aromatic carbocycles. The molecule has 0 aliphatic carbocycles. The maximum Gasteiger partial charge on any atom is 0.243 e. The second-order valence-electron chi connectivity index (χ2n) is 3.27. The minimum Gasteiger partial charge on any atom is -0.344 e. The minimum atomic E-state index is 0.184. The van der Waals surface area contributed by atoms with Gasteiger partial charge in [0.25, 0.3) is 0 Å². The summed E-state index contributed by atoms with van der Waals surface area (Å²) in [5.74, 6) is 0.184. The predicted octanol–water partition coefficient (Wildman–Crippen LogP) is 0.922. The quantitative estimate of drug-likeness (QED) is 0.635. The van der Waals surface area contributed by atoms with Gasteiger partial charge in [-0.1, -0.05) is 18.2 Å². The van der Waals surface area contributed by atoms with E-state index in [4.69, 9.17) is 0 Å². The van der Waals surface area contributed by atoms with Crippen LogP contribution in [0.15, 0.2) is 30.3 Å². The van der Waals surface area contributed by atoms with Gasteiger partial charge in [0, 0.05) is 12.7 Å². The summed E-state index contributed by atoms with van der Waals surface area (Å²) >= 11 is 0. The summed E-state index contributed by atoms with van der Waals surface area (Å²) in [7, 11) is 1.82. The SMILES string of the molecule is CN1CN(c2ccccc2)CC1=O. The Morgan fingerprint density at radius 2 is 1.92 bits per heavy atom. The average molecular weight is 176 g/mol. The van der Waals surface area contributed by atoms with Crippen LogP contribution in [0.25, 0.3) is 0 Å². The highest BCUT2D eigenvalue weighted by molar-refractivity contribution is 5.84. The smallest absolute Gasteiger partial charge is 0.243 e. The topological polar surface area (TPSA) is 23.6 Å². The van der Waals surface area contributed by atoms with Crippen LogP contribution in [-0.4, -0.2) is 31.1 Å². The number of likely N-dealkylation sites (N-methyl/N-ethyl adjacent to an activating group) is 1. The zero-order valence-electron chi connectivity index (χ0n) is 7.60. The highest BCUT2D eigenvalue weighted by atomic mass is 16.2. The number of benzene rings is 1. The molecule has 3 heteroatoms. The molecule has 0 bridgehead atoms. The molecule has 0 unspecified atom stereocenters. The third-order valence-electron chi connectivity index (χ3n) is 2.26. The molecule has 1 amide bonds. The second kappa shape index (κ2) is 3.09. The molecule has 1 fully saturated rings. The van der Waals surface area contributed by atoms with Crippen LogP contribution < -0.4 is 4.90 Å². The Morgan fingerprint density at radius 1 is 1.23 bits per heavy atom. The van der Waals surface area contributed by atoms with Crippen molar-refractivity contribution in [3.63, 3.8) is 0 Å². The van der Waals surface area contributed by atoms with Crippen molar-refractivity contribution in [1.82, 2.24) is 4.90 Å². The van der Waals surface area contributed by atoms with E-state index >= 15 is 0 Å². The van der Waals surface area contributed by atoms with E-state index in [1.54, 1.807) is 4.90 Å². The zero-order chi connectivity index (χ0) is 9.26. The lowest BCUT2D eigenvalue weighted by Crippen LogP contribution is -2.22. The molecule has 68 valence electrons. The van der Waals surface area contributed by atoms with Gasteiger partial charge in [0.05, 0.1) is 13.2 Å². The van der Waals surface area contributed by atoms with E-state index in [9.17, 15) is 4.79 Å². The van der Waals surface area contributed by atoms with Crippen LogP contribution in [0, 0.1) is 0 Å². The lowest BCUT2D eigenvalue weighted by Gasteiger charge is -2.16. The van der Waals surface area contributed by atoms with E-state index in [2.05, 4.69) is 4.90 Å². The molecule has 2 rings (SSSR count). The highest BCUT2D eigenvalue weighted by Gasteiger charge is 2.23. The molecule has 0 N–H and O–H groups in total. The van der Waals surface area contributed by atoms with Gasteiger partial charge in [-0.05, 0) is 12.1 Å². The molecular weight excluding hydrogens is 164 g/mol. The lowest BCUT2D eigenvalue weighted by molar-refractivity contribution is -0.125. The molecule has 1 saturated heterocycles. The largest absolute Gasteiger partial charge is 0.344 e. The first-order chi connectivity index (χ1) is 6.27. The lowest BCUT2D eigenvalue weighted by atomic mass is 10.3. The van der Waals surface area contributed by atoms with E-state index in [1.807, 2.05) is 37.4 Å². The monoisotopic (exact) mass is 176 g/mol. The summed E-state index contributed by atoms with van der Waals surface area (Å²) in [6, 6.07) is 9.99. The Hall–Kier alpha value is -1.51. The number of para-hydroxylation sites is 1. The van der Waals surface area contributed by atoms with Crippen molar-refractivity contribution in [2.24, 2.45) is 0 Å². The summed E-state index contributed by atoms with van der Waals surface area (Å²) in [5, 5.41) is 0. The van der Waals surface area contributed by atoms with Crippen molar-refractivity contribution >= 4 is 11.6 Å². The molecule has 0 atom stereocenters. The van der Waals surface area contributed by atoms with Crippen molar-refractivity contribution in [1.29, 1.82) is 0 Å². The molecule has 1 aliphatic rings. The number of hydrogen-bond acceptors (Lipinski definition) is 2. The van der Waals surface area contributed by atoms with Gasteiger partial charge in [0.2, 0.25) is 5.91 Å². The number of carbonyl (C=O) groups excluding carboxylic acids is 1. The van der Waals surface area contributed by atoms with Gasteiger partial charge < -0.3 is 9.80 Å². The summed E-state index contributed by atoms with van der Waals surface area (Å²) in [6.07, 6.45) is 0. The first kappa shape index (κ1) is 8.10. The molecule has 0 spiro atoms. The number of hydrogen-bond donors (Lipinski definition) is 0. The molecule has 1 heterocycles. The van der Waals surface area contributed by atoms with Crippen LogP contribution in [-0.2, 0) is 4.79 Å². The zero-order valence-corrected chi connectivity index (χ0v) is 7.60. The molecule has 1 aliphatic heterocycles. The van der Waals surface area contributed by atoms with Gasteiger partial charge in [0.1, 0.15) is 0 Å². The van der Waals surface area contributed by atoms with Gasteiger partial charge in [-0.15, -0.1) is 0 Å². The van der Waals surface area contributed by atoms with Crippen LogP contribution in [0.4, 0.5) is 5.69 Å². The Morgan fingerprint density at radius 3 is 2.46 bits per heavy atom. The van der Waals surface area contributed by atoms with Gasteiger partial charge in [-0.3, -0.25) is 4.79 Å². The third-order valence-corrected chi connectivity index (χ3v) is 2.26. The molecule has 13 heavy (non-hydrogen) atoms. The van der Waals surface area contributed by atoms with E-state index in [0.717, 1.165) is 5.69 Å². The average Bonchev–Trinajstić information content (AvgIpc) is 2.49. The number of carbonyl (C=O) groups is 1. The predicted molar refractivity (Wildman–Crippen MR) is 51.4 cm³/mol. The normalized spacial score (nSPS) is 16.8. The minimum absolute atomic E-state index is 0.184. The van der Waals surface area contributed by atoms with Gasteiger partial charge in [-0.25, -0.2) is 0 Å². The van der Waals surface area contributed by atoms with Crippen molar-refractivity contribution in [3.05, 3.63) is 30.3 Å². The van der Waals surface area contributed by atoms with Crippen LogP contribution in [0.5, 0.6) is 0 Å². The Kier molecular flexibility index (Phi) is 1.93. The standard InChI is InChI=1S/C10H12N2O/c1-11-8-12(7-10(11)13)9-5-3-2-4-6-9/h2-6H,7-8H2,1H3. The summed E-state index contributed by atoms with van der Waals surface area (Å²) in [6.45, 7) is 1.20. The second-order valence-corrected chi connectivity index (χ2v) is 3.27.